The van der Waals surface area contributed by atoms with Gasteiger partial charge in [0.05, 0.1) is 14.2 Å². The van der Waals surface area contributed by atoms with Crippen molar-refractivity contribution in [2.24, 2.45) is 0 Å². The Morgan fingerprint density at radius 2 is 1.70 bits per heavy atom. The van der Waals surface area contributed by atoms with Gasteiger partial charge in [-0.05, 0) is 35.2 Å². The van der Waals surface area contributed by atoms with Gasteiger partial charge in [-0.2, -0.15) is 0 Å². The number of nitrogens with one attached hydrogen (secondary N) is 1. The third-order valence-corrected chi connectivity index (χ3v) is 5.05. The van der Waals surface area contributed by atoms with E-state index in [-0.39, 0.29) is 17.7 Å². The first-order valence-electron chi connectivity index (χ1n) is 9.89. The summed E-state index contributed by atoms with van der Waals surface area (Å²) < 4.78 is 11.0. The van der Waals surface area contributed by atoms with Crippen molar-refractivity contribution in [3.63, 3.8) is 0 Å². The molecule has 6 nitrogen and oxygen atoms in total. The molecular weight excluding hydrogens is 380 g/mol. The lowest BCUT2D eigenvalue weighted by atomic mass is 9.84. The Balaban J connectivity index is 2.06. The predicted octanol–water partition coefficient (Wildman–Crippen LogP) is 4.62. The molecule has 0 spiro atoms. The van der Waals surface area contributed by atoms with Crippen molar-refractivity contribution >= 4 is 29.8 Å². The fourth-order valence-electron chi connectivity index (χ4n) is 3.41. The van der Waals surface area contributed by atoms with Crippen LogP contribution in [0.1, 0.15) is 43.9 Å². The molecule has 3 rings (SSSR count). The highest BCUT2D eigenvalue weighted by Gasteiger charge is 2.28. The number of rotatable bonds is 5. The minimum Gasteiger partial charge on any atom is -0.497 e. The molecule has 0 aliphatic carbocycles. The SMILES string of the molecule is COc1ccc(C=Cc2cc(N3CCC(=O)NC3=O)cc(C(C)(C)C)c2OC)cc1. The molecule has 0 saturated carbocycles. The van der Waals surface area contributed by atoms with Gasteiger partial charge in [0.15, 0.2) is 0 Å². The summed E-state index contributed by atoms with van der Waals surface area (Å²) in [4.78, 5) is 25.6. The van der Waals surface area contributed by atoms with Gasteiger partial charge in [0.2, 0.25) is 5.91 Å². The number of amides is 3. The van der Waals surface area contributed by atoms with Crippen molar-refractivity contribution in [1.82, 2.24) is 5.32 Å². The van der Waals surface area contributed by atoms with Crippen LogP contribution in [-0.4, -0.2) is 32.7 Å². The highest BCUT2D eigenvalue weighted by atomic mass is 16.5. The molecule has 0 atom stereocenters. The van der Waals surface area contributed by atoms with Crippen LogP contribution in [0.4, 0.5) is 10.5 Å². The molecule has 1 saturated heterocycles. The number of hydrogen-bond donors (Lipinski definition) is 1. The van der Waals surface area contributed by atoms with Gasteiger partial charge in [0, 0.05) is 29.8 Å². The summed E-state index contributed by atoms with van der Waals surface area (Å²) in [5, 5.41) is 2.39. The van der Waals surface area contributed by atoms with Gasteiger partial charge in [-0.25, -0.2) is 4.79 Å². The molecule has 0 bridgehead atoms. The molecule has 1 fully saturated rings. The summed E-state index contributed by atoms with van der Waals surface area (Å²) in [6, 6.07) is 11.2. The molecule has 158 valence electrons. The second-order valence-electron chi connectivity index (χ2n) is 8.23. The first-order valence-corrected chi connectivity index (χ1v) is 9.89. The third-order valence-electron chi connectivity index (χ3n) is 5.05. The van der Waals surface area contributed by atoms with Crippen LogP contribution in [0.15, 0.2) is 36.4 Å². The zero-order valence-corrected chi connectivity index (χ0v) is 18.1. The van der Waals surface area contributed by atoms with E-state index in [1.54, 1.807) is 19.1 Å². The number of carbonyl (C=O) groups excluding carboxylic acids is 2. The molecule has 6 heteroatoms. The number of urea groups is 1. The number of nitrogens with zero attached hydrogens (tertiary/aromatic N) is 1. The van der Waals surface area contributed by atoms with E-state index in [1.807, 2.05) is 48.6 Å². The van der Waals surface area contributed by atoms with Crippen molar-refractivity contribution < 1.29 is 19.1 Å². The van der Waals surface area contributed by atoms with Crippen LogP contribution in [0.5, 0.6) is 11.5 Å². The maximum Gasteiger partial charge on any atom is 0.328 e. The molecule has 0 radical (unpaired) electrons. The van der Waals surface area contributed by atoms with Crippen LogP contribution in [-0.2, 0) is 10.2 Å². The van der Waals surface area contributed by atoms with Crippen molar-refractivity contribution in [3.05, 3.63) is 53.1 Å². The molecule has 2 aromatic rings. The largest absolute Gasteiger partial charge is 0.497 e. The molecule has 30 heavy (non-hydrogen) atoms. The molecular formula is C24H28N2O4. The zero-order valence-electron chi connectivity index (χ0n) is 18.1. The van der Waals surface area contributed by atoms with Gasteiger partial charge in [-0.1, -0.05) is 45.1 Å². The second kappa shape index (κ2) is 8.61. The molecule has 1 aliphatic heterocycles. The van der Waals surface area contributed by atoms with E-state index in [2.05, 4.69) is 26.1 Å². The van der Waals surface area contributed by atoms with Crippen molar-refractivity contribution in [1.29, 1.82) is 0 Å². The Morgan fingerprint density at radius 3 is 2.27 bits per heavy atom. The number of ether oxygens (including phenoxy) is 2. The highest BCUT2D eigenvalue weighted by molar-refractivity contribution is 6.05. The molecule has 0 aromatic heterocycles. The number of methoxy groups -OCH3 is 2. The van der Waals surface area contributed by atoms with Crippen molar-refractivity contribution in [2.45, 2.75) is 32.6 Å². The minimum atomic E-state index is -0.402. The van der Waals surface area contributed by atoms with Gasteiger partial charge < -0.3 is 9.47 Å². The first-order chi connectivity index (χ1) is 14.2. The zero-order chi connectivity index (χ0) is 21.9. The number of imide groups is 1. The van der Waals surface area contributed by atoms with E-state index in [4.69, 9.17) is 9.47 Å². The number of carbonyl (C=O) groups is 2. The Hall–Kier alpha value is -3.28. The Morgan fingerprint density at radius 1 is 1.00 bits per heavy atom. The maximum absolute atomic E-state index is 12.4. The molecule has 0 unspecified atom stereocenters. The third kappa shape index (κ3) is 4.64. The second-order valence-corrected chi connectivity index (χ2v) is 8.23. The van der Waals surface area contributed by atoms with Crippen LogP contribution in [0.3, 0.4) is 0 Å². The number of anilines is 1. The summed E-state index contributed by atoms with van der Waals surface area (Å²) >= 11 is 0. The van der Waals surface area contributed by atoms with E-state index in [1.165, 1.54) is 0 Å². The van der Waals surface area contributed by atoms with Crippen LogP contribution < -0.4 is 19.7 Å². The van der Waals surface area contributed by atoms with Gasteiger partial charge >= 0.3 is 6.03 Å². The maximum atomic E-state index is 12.4. The topological polar surface area (TPSA) is 67.9 Å². The van der Waals surface area contributed by atoms with Crippen LogP contribution in [0.25, 0.3) is 12.2 Å². The lowest BCUT2D eigenvalue weighted by molar-refractivity contribution is -0.120. The fraction of sp³-hybridized carbons (Fsp3) is 0.333. The van der Waals surface area contributed by atoms with Gasteiger partial charge in [-0.3, -0.25) is 15.0 Å². The van der Waals surface area contributed by atoms with E-state index in [0.29, 0.717) is 6.54 Å². The average Bonchev–Trinajstić information content (AvgIpc) is 2.71. The van der Waals surface area contributed by atoms with E-state index < -0.39 is 6.03 Å². The Kier molecular flexibility index (Phi) is 6.15. The molecule has 1 N–H and O–H groups in total. The summed E-state index contributed by atoms with van der Waals surface area (Å²) in [6.07, 6.45) is 4.25. The van der Waals surface area contributed by atoms with Gasteiger partial charge in [0.1, 0.15) is 11.5 Å². The van der Waals surface area contributed by atoms with Crippen LogP contribution >= 0.6 is 0 Å². The van der Waals surface area contributed by atoms with E-state index in [9.17, 15) is 9.59 Å². The van der Waals surface area contributed by atoms with Gasteiger partial charge in [-0.15, -0.1) is 0 Å². The predicted molar refractivity (Wildman–Crippen MR) is 119 cm³/mol. The smallest absolute Gasteiger partial charge is 0.328 e. The minimum absolute atomic E-state index is 0.202. The molecule has 1 aliphatic rings. The number of hydrogen-bond acceptors (Lipinski definition) is 4. The molecule has 1 heterocycles. The van der Waals surface area contributed by atoms with E-state index in [0.717, 1.165) is 33.9 Å². The van der Waals surface area contributed by atoms with Gasteiger partial charge in [0.25, 0.3) is 0 Å². The normalized spacial score (nSPS) is 14.8. The van der Waals surface area contributed by atoms with Crippen molar-refractivity contribution in [2.75, 3.05) is 25.7 Å². The summed E-state index contributed by atoms with van der Waals surface area (Å²) in [6.45, 7) is 6.66. The monoisotopic (exact) mass is 408 g/mol. The lowest BCUT2D eigenvalue weighted by Crippen LogP contribution is -2.49. The summed E-state index contributed by atoms with van der Waals surface area (Å²) in [5.74, 6) is 1.32. The van der Waals surface area contributed by atoms with E-state index >= 15 is 0 Å². The standard InChI is InChI=1S/C24H28N2O4/c1-24(2,3)20-15-18(26-13-12-21(27)25-23(26)28)14-17(22(20)30-5)9-6-16-7-10-19(29-4)11-8-16/h6-11,14-15H,12-13H2,1-5H3,(H,25,27,28). The van der Waals surface area contributed by atoms with Crippen LogP contribution in [0, 0.1) is 0 Å². The average molecular weight is 408 g/mol. The lowest BCUT2D eigenvalue weighted by Gasteiger charge is -2.30. The Bertz CT molecular complexity index is 972. The summed E-state index contributed by atoms with van der Waals surface area (Å²) in [7, 11) is 3.29. The fourth-order valence-corrected chi connectivity index (χ4v) is 3.41. The van der Waals surface area contributed by atoms with Crippen LogP contribution in [0.2, 0.25) is 0 Å². The Labute approximate surface area is 177 Å². The highest BCUT2D eigenvalue weighted by Crippen LogP contribution is 2.39. The molecule has 3 amide bonds. The summed E-state index contributed by atoms with van der Waals surface area (Å²) in [5.41, 5.74) is 3.40. The first kappa shape index (κ1) is 21.4. The molecule has 2 aromatic carbocycles. The van der Waals surface area contributed by atoms with Crippen molar-refractivity contribution in [3.8, 4) is 11.5 Å². The number of benzene rings is 2. The quantitative estimate of drug-likeness (QED) is 0.733.